The van der Waals surface area contributed by atoms with Crippen molar-refractivity contribution in [2.45, 2.75) is 65.9 Å². The van der Waals surface area contributed by atoms with Crippen LogP contribution in [0.4, 0.5) is 0 Å². The van der Waals surface area contributed by atoms with E-state index < -0.39 is 38.2 Å². The van der Waals surface area contributed by atoms with Crippen LogP contribution in [0.15, 0.2) is 170 Å². The van der Waals surface area contributed by atoms with Gasteiger partial charge in [-0.25, -0.2) is 4.98 Å². The summed E-state index contributed by atoms with van der Waals surface area (Å²) in [5.74, 6) is 0.535. The monoisotopic (exact) mass is 819 g/mol. The third-order valence-electron chi connectivity index (χ3n) is 11.4. The summed E-state index contributed by atoms with van der Waals surface area (Å²) in [5, 5.41) is 12.3. The molecule has 1 N–H and O–H groups in total. The molecule has 0 unspecified atom stereocenters. The van der Waals surface area contributed by atoms with Crippen molar-refractivity contribution in [2.75, 3.05) is 0 Å². The molecule has 0 radical (unpaired) electrons. The van der Waals surface area contributed by atoms with Gasteiger partial charge in [0.15, 0.2) is 0 Å². The molecule has 7 aromatic carbocycles. The van der Waals surface area contributed by atoms with E-state index in [1.807, 2.05) is 148 Å². The third kappa shape index (κ3) is 7.74. The SMILES string of the molecule is [2H]C([2H])([2H])c1ccc(-n2c(-c3cc(C)cc(C(C)(C)C)c3O)nc3c(-c4cc(-c5ccccc5)cc(-c5cc(-c6ccc(C(C([2H])([2H])[2H])(C([2H])([2H])[2H])C([2H])([2H])[2H])cc6)ccn5)c4)cccc32)c(-c2ccccc2)c1. The number of para-hydroxylation sites is 1. The lowest BCUT2D eigenvalue weighted by atomic mass is 9.84. The lowest BCUT2D eigenvalue weighted by molar-refractivity contribution is 0.448. The van der Waals surface area contributed by atoms with Gasteiger partial charge in [-0.05, 0) is 124 Å². The van der Waals surface area contributed by atoms with Gasteiger partial charge >= 0.3 is 0 Å². The van der Waals surface area contributed by atoms with E-state index in [2.05, 4.69) is 6.07 Å². The molecule has 62 heavy (non-hydrogen) atoms. The van der Waals surface area contributed by atoms with Gasteiger partial charge in [-0.15, -0.1) is 0 Å². The van der Waals surface area contributed by atoms with Crippen molar-refractivity contribution in [2.24, 2.45) is 0 Å². The molecule has 2 heterocycles. The molecule has 0 amide bonds. The highest BCUT2D eigenvalue weighted by molar-refractivity contribution is 5.98. The zero-order chi connectivity index (χ0) is 53.3. The first-order chi connectivity index (χ1) is 34.7. The summed E-state index contributed by atoms with van der Waals surface area (Å²) in [7, 11) is 0. The summed E-state index contributed by atoms with van der Waals surface area (Å²) in [6.45, 7) is -4.45. The highest BCUT2D eigenvalue weighted by atomic mass is 16.3. The third-order valence-corrected chi connectivity index (χ3v) is 11.4. The number of hydrogen-bond acceptors (Lipinski definition) is 3. The smallest absolute Gasteiger partial charge is 0.149 e. The fraction of sp³-hybridized carbons (Fsp3) is 0.172. The molecule has 0 bridgehead atoms. The largest absolute Gasteiger partial charge is 0.507 e. The van der Waals surface area contributed by atoms with Crippen LogP contribution in [0.3, 0.4) is 0 Å². The number of fused-ring (bicyclic) bond motifs is 1. The van der Waals surface area contributed by atoms with Crippen molar-refractivity contribution < 1.29 is 21.6 Å². The van der Waals surface area contributed by atoms with E-state index in [0.717, 1.165) is 44.5 Å². The number of pyridine rings is 1. The van der Waals surface area contributed by atoms with E-state index in [9.17, 15) is 5.11 Å². The summed E-state index contributed by atoms with van der Waals surface area (Å²) in [5.41, 5.74) is 7.77. The van der Waals surface area contributed by atoms with Gasteiger partial charge in [-0.1, -0.05) is 156 Å². The second-order valence-corrected chi connectivity index (χ2v) is 16.9. The quantitative estimate of drug-likeness (QED) is 0.174. The highest BCUT2D eigenvalue weighted by Gasteiger charge is 2.27. The summed E-state index contributed by atoms with van der Waals surface area (Å²) < 4.78 is 101. The molecule has 0 aliphatic rings. The summed E-state index contributed by atoms with van der Waals surface area (Å²) >= 11 is 0. The fourth-order valence-corrected chi connectivity index (χ4v) is 8.27. The van der Waals surface area contributed by atoms with Crippen molar-refractivity contribution in [1.29, 1.82) is 0 Å². The van der Waals surface area contributed by atoms with Crippen molar-refractivity contribution >= 4 is 11.0 Å². The zero-order valence-corrected chi connectivity index (χ0v) is 35.0. The molecular weight excluding hydrogens is 755 g/mol. The number of benzene rings is 7. The van der Waals surface area contributed by atoms with E-state index in [4.69, 9.17) is 26.4 Å². The minimum atomic E-state index is -3.39. The van der Waals surface area contributed by atoms with Crippen molar-refractivity contribution in [3.8, 4) is 78.6 Å². The fourth-order valence-electron chi connectivity index (χ4n) is 8.27. The van der Waals surface area contributed by atoms with Gasteiger partial charge in [-0.2, -0.15) is 0 Å². The Hall–Kier alpha value is -7.04. The van der Waals surface area contributed by atoms with Crippen LogP contribution in [0.25, 0.3) is 83.9 Å². The van der Waals surface area contributed by atoms with Gasteiger partial charge in [0, 0.05) is 44.9 Å². The number of aromatic hydroxyl groups is 1. The van der Waals surface area contributed by atoms with Crippen molar-refractivity contribution in [1.82, 2.24) is 14.5 Å². The standard InChI is InChI=1S/C58H53N3O/c1-37-22-27-52(48(30-37)41-18-13-10-14-19-41)61-53-21-15-20-47(54(53)60-56(61)49-31-38(2)32-50(55(49)62)58(6,7)8)44-33-43(39-16-11-9-12-17-39)34-45(35-44)51-36-42(28-29-59-51)40-23-25-46(26-24-40)57(3,4)5/h9-36,62H,1-8H3/i1D3,3D3,4D3,5D3. The van der Waals surface area contributed by atoms with Crippen LogP contribution in [-0.4, -0.2) is 19.6 Å². The van der Waals surface area contributed by atoms with Crippen LogP contribution in [-0.2, 0) is 10.8 Å². The first-order valence-corrected chi connectivity index (χ1v) is 20.5. The zero-order valence-electron chi connectivity index (χ0n) is 47.0. The molecule has 0 aliphatic carbocycles. The average Bonchev–Trinajstić information content (AvgIpc) is 3.73. The van der Waals surface area contributed by atoms with Crippen LogP contribution >= 0.6 is 0 Å². The normalized spacial score (nSPS) is 15.6. The maximum Gasteiger partial charge on any atom is 0.149 e. The summed E-state index contributed by atoms with van der Waals surface area (Å²) in [6, 6.07) is 49.8. The number of aromatic nitrogens is 3. The minimum absolute atomic E-state index is 0.0849. The predicted octanol–water partition coefficient (Wildman–Crippen LogP) is 15.3. The molecule has 0 aliphatic heterocycles. The molecule has 0 spiro atoms. The van der Waals surface area contributed by atoms with Crippen molar-refractivity contribution in [3.63, 3.8) is 0 Å². The molecule has 4 nitrogen and oxygen atoms in total. The van der Waals surface area contributed by atoms with E-state index in [-0.39, 0.29) is 16.9 Å². The van der Waals surface area contributed by atoms with Crippen molar-refractivity contribution in [3.05, 3.63) is 192 Å². The van der Waals surface area contributed by atoms with Gasteiger partial charge in [0.2, 0.25) is 0 Å². The molecule has 0 saturated heterocycles. The molecule has 9 aromatic rings. The molecule has 9 rings (SSSR count). The van der Waals surface area contributed by atoms with Gasteiger partial charge in [0.1, 0.15) is 11.6 Å². The number of rotatable bonds is 7. The number of imidazole rings is 1. The topological polar surface area (TPSA) is 50.9 Å². The maximum absolute atomic E-state index is 12.3. The van der Waals surface area contributed by atoms with Crippen LogP contribution in [0.1, 0.15) is 80.0 Å². The number of hydrogen-bond donors (Lipinski definition) is 1. The highest BCUT2D eigenvalue weighted by Crippen LogP contribution is 2.44. The van der Waals surface area contributed by atoms with E-state index in [1.165, 1.54) is 24.3 Å². The van der Waals surface area contributed by atoms with Crippen LogP contribution in [0.5, 0.6) is 5.75 Å². The Morgan fingerprint density at radius 2 is 1.21 bits per heavy atom. The summed E-state index contributed by atoms with van der Waals surface area (Å²) in [4.78, 5) is 10.3. The maximum atomic E-state index is 12.3. The Bertz CT molecular complexity index is 3520. The lowest BCUT2D eigenvalue weighted by Gasteiger charge is -2.23. The molecule has 0 atom stereocenters. The van der Waals surface area contributed by atoms with Gasteiger partial charge < -0.3 is 5.11 Å². The van der Waals surface area contributed by atoms with Gasteiger partial charge in [-0.3, -0.25) is 9.55 Å². The van der Waals surface area contributed by atoms with Crippen LogP contribution in [0.2, 0.25) is 0 Å². The molecule has 0 fully saturated rings. The second kappa shape index (κ2) is 15.8. The average molecular weight is 820 g/mol. The van der Waals surface area contributed by atoms with E-state index in [1.54, 1.807) is 24.4 Å². The van der Waals surface area contributed by atoms with E-state index >= 15 is 0 Å². The Kier molecular flexibility index (Phi) is 7.24. The Morgan fingerprint density at radius 1 is 0.532 bits per heavy atom. The van der Waals surface area contributed by atoms with Crippen LogP contribution < -0.4 is 0 Å². The van der Waals surface area contributed by atoms with Crippen LogP contribution in [0, 0.1) is 13.8 Å². The molecule has 306 valence electrons. The molecular formula is C58H53N3O. The molecule has 4 heteroatoms. The second-order valence-electron chi connectivity index (χ2n) is 16.9. The number of aryl methyl sites for hydroxylation is 2. The Labute approximate surface area is 383 Å². The lowest BCUT2D eigenvalue weighted by Crippen LogP contribution is -2.12. The first-order valence-electron chi connectivity index (χ1n) is 26.5. The first kappa shape index (κ1) is 28.5. The molecule has 0 saturated carbocycles. The van der Waals surface area contributed by atoms with Gasteiger partial charge in [0.25, 0.3) is 0 Å². The molecule has 2 aromatic heterocycles. The number of phenols is 1. The predicted molar refractivity (Wildman–Crippen MR) is 260 cm³/mol. The summed E-state index contributed by atoms with van der Waals surface area (Å²) in [6.07, 6.45) is 1.64. The Balaban J connectivity index is 1.27. The minimum Gasteiger partial charge on any atom is -0.507 e. The number of nitrogens with zero attached hydrogens (tertiary/aromatic N) is 3. The van der Waals surface area contributed by atoms with E-state index in [0.29, 0.717) is 50.5 Å². The van der Waals surface area contributed by atoms with Gasteiger partial charge in [0.05, 0.1) is 28.0 Å². The Morgan fingerprint density at radius 3 is 1.92 bits per heavy atom. The number of phenolic OH excluding ortho intramolecular Hbond substituents is 1.